The van der Waals surface area contributed by atoms with Crippen LogP contribution in [0, 0.1) is 0 Å². The summed E-state index contributed by atoms with van der Waals surface area (Å²) in [6.07, 6.45) is 1.42. The normalized spacial score (nSPS) is 14.5. The molecule has 0 saturated carbocycles. The van der Waals surface area contributed by atoms with Gasteiger partial charge in [0.05, 0.1) is 12.9 Å². The molecule has 1 N–H and O–H groups in total. The average molecular weight is 322 g/mol. The number of nitrogens with one attached hydrogen (secondary N) is 1. The third-order valence-corrected chi connectivity index (χ3v) is 3.75. The molecule has 0 unspecified atom stereocenters. The quantitative estimate of drug-likeness (QED) is 0.872. The molecule has 6 heteroatoms. The van der Waals surface area contributed by atoms with E-state index in [1.54, 1.807) is 0 Å². The second kappa shape index (κ2) is 5.05. The highest BCUT2D eigenvalue weighted by atomic mass is 79.9. The summed E-state index contributed by atoms with van der Waals surface area (Å²) in [5.41, 5.74) is 0.914. The molecule has 0 spiro atoms. The first-order valence-corrected chi connectivity index (χ1v) is 6.74. The Kier molecular flexibility index (Phi) is 3.25. The predicted molar refractivity (Wildman–Crippen MR) is 75.5 cm³/mol. The SMILES string of the molecule is O=c1[nH]cnc(N2CCOc3ccccc3C2)c1Br. The van der Waals surface area contributed by atoms with Crippen molar-refractivity contribution in [1.82, 2.24) is 9.97 Å². The smallest absolute Gasteiger partial charge is 0.267 e. The van der Waals surface area contributed by atoms with Crippen molar-refractivity contribution in [2.75, 3.05) is 18.1 Å². The van der Waals surface area contributed by atoms with Crippen LogP contribution >= 0.6 is 15.9 Å². The zero-order valence-electron chi connectivity index (χ0n) is 10.1. The van der Waals surface area contributed by atoms with E-state index in [0.29, 0.717) is 30.0 Å². The number of ether oxygens (including phenoxy) is 1. The van der Waals surface area contributed by atoms with Gasteiger partial charge >= 0.3 is 0 Å². The van der Waals surface area contributed by atoms with Crippen LogP contribution in [0.4, 0.5) is 5.82 Å². The topological polar surface area (TPSA) is 58.2 Å². The number of hydrogen-bond donors (Lipinski definition) is 1. The summed E-state index contributed by atoms with van der Waals surface area (Å²) in [6, 6.07) is 7.91. The standard InChI is InChI=1S/C13H12BrN3O2/c14-11-12(15-8-16-13(11)18)17-5-6-19-10-4-2-1-3-9(10)7-17/h1-4,8H,5-7H2,(H,15,16,18). The van der Waals surface area contributed by atoms with Crippen molar-refractivity contribution in [2.24, 2.45) is 0 Å². The molecule has 5 nitrogen and oxygen atoms in total. The van der Waals surface area contributed by atoms with Crippen molar-refractivity contribution in [3.05, 3.63) is 51.0 Å². The molecule has 1 aromatic heterocycles. The fourth-order valence-electron chi connectivity index (χ4n) is 2.10. The first-order chi connectivity index (χ1) is 9.25. The summed E-state index contributed by atoms with van der Waals surface area (Å²) < 4.78 is 6.15. The van der Waals surface area contributed by atoms with Gasteiger partial charge < -0.3 is 14.6 Å². The van der Waals surface area contributed by atoms with Gasteiger partial charge in [0.25, 0.3) is 5.56 Å². The number of nitrogens with zero attached hydrogens (tertiary/aromatic N) is 2. The Hall–Kier alpha value is -1.82. The van der Waals surface area contributed by atoms with Gasteiger partial charge in [-0.25, -0.2) is 4.98 Å². The van der Waals surface area contributed by atoms with Crippen LogP contribution in [-0.2, 0) is 6.54 Å². The van der Waals surface area contributed by atoms with Gasteiger partial charge in [0.2, 0.25) is 0 Å². The van der Waals surface area contributed by atoms with Crippen molar-refractivity contribution in [2.45, 2.75) is 6.54 Å². The molecule has 0 aliphatic carbocycles. The maximum absolute atomic E-state index is 11.6. The van der Waals surface area contributed by atoms with E-state index in [-0.39, 0.29) is 5.56 Å². The van der Waals surface area contributed by atoms with Crippen LogP contribution in [-0.4, -0.2) is 23.1 Å². The van der Waals surface area contributed by atoms with Crippen molar-refractivity contribution in [3.63, 3.8) is 0 Å². The minimum absolute atomic E-state index is 0.177. The Morgan fingerprint density at radius 3 is 3.11 bits per heavy atom. The largest absolute Gasteiger partial charge is 0.491 e. The monoisotopic (exact) mass is 321 g/mol. The van der Waals surface area contributed by atoms with Gasteiger partial charge in [-0.3, -0.25) is 4.79 Å². The Bertz CT molecular complexity index is 656. The number of H-pyrrole nitrogens is 1. The number of benzene rings is 1. The Labute approximate surface area is 118 Å². The predicted octanol–water partition coefficient (Wildman–Crippen LogP) is 1.93. The van der Waals surface area contributed by atoms with E-state index < -0.39 is 0 Å². The molecule has 0 amide bonds. The van der Waals surface area contributed by atoms with Crippen molar-refractivity contribution < 1.29 is 4.74 Å². The molecule has 0 fully saturated rings. The van der Waals surface area contributed by atoms with Gasteiger partial charge in [0, 0.05) is 12.1 Å². The van der Waals surface area contributed by atoms with E-state index in [2.05, 4.69) is 25.9 Å². The molecule has 1 aliphatic heterocycles. The van der Waals surface area contributed by atoms with Crippen molar-refractivity contribution in [3.8, 4) is 5.75 Å². The number of halogens is 1. The second-order valence-electron chi connectivity index (χ2n) is 4.25. The van der Waals surface area contributed by atoms with Crippen LogP contribution in [0.2, 0.25) is 0 Å². The van der Waals surface area contributed by atoms with Gasteiger partial charge in [0.15, 0.2) is 5.82 Å². The highest BCUT2D eigenvalue weighted by Gasteiger charge is 2.19. The molecule has 0 radical (unpaired) electrons. The molecule has 1 aliphatic rings. The van der Waals surface area contributed by atoms with Crippen LogP contribution in [0.3, 0.4) is 0 Å². The highest BCUT2D eigenvalue weighted by molar-refractivity contribution is 9.10. The first-order valence-electron chi connectivity index (χ1n) is 5.94. The molecule has 3 rings (SSSR count). The summed E-state index contributed by atoms with van der Waals surface area (Å²) in [6.45, 7) is 1.92. The number of hydrogen-bond acceptors (Lipinski definition) is 4. The molecule has 0 atom stereocenters. The summed E-state index contributed by atoms with van der Waals surface area (Å²) in [5.74, 6) is 1.54. The number of anilines is 1. The van der Waals surface area contributed by atoms with E-state index >= 15 is 0 Å². The van der Waals surface area contributed by atoms with Crippen LogP contribution in [0.15, 0.2) is 39.9 Å². The fraction of sp³-hybridized carbons (Fsp3) is 0.231. The number of aromatic nitrogens is 2. The molecular formula is C13H12BrN3O2. The minimum Gasteiger partial charge on any atom is -0.491 e. The molecule has 0 bridgehead atoms. The summed E-state index contributed by atoms with van der Waals surface area (Å²) in [7, 11) is 0. The van der Waals surface area contributed by atoms with E-state index in [0.717, 1.165) is 11.3 Å². The van der Waals surface area contributed by atoms with E-state index in [1.165, 1.54) is 6.33 Å². The lowest BCUT2D eigenvalue weighted by Gasteiger charge is -2.21. The van der Waals surface area contributed by atoms with Crippen molar-refractivity contribution >= 4 is 21.7 Å². The average Bonchev–Trinajstić information content (AvgIpc) is 2.64. The zero-order chi connectivity index (χ0) is 13.2. The van der Waals surface area contributed by atoms with Crippen LogP contribution in [0.25, 0.3) is 0 Å². The third kappa shape index (κ3) is 2.35. The Morgan fingerprint density at radius 2 is 2.21 bits per heavy atom. The van der Waals surface area contributed by atoms with Crippen LogP contribution in [0.5, 0.6) is 5.75 Å². The molecular weight excluding hydrogens is 310 g/mol. The summed E-state index contributed by atoms with van der Waals surface area (Å²) in [4.78, 5) is 20.4. The maximum atomic E-state index is 11.6. The highest BCUT2D eigenvalue weighted by Crippen LogP contribution is 2.27. The van der Waals surface area contributed by atoms with Gasteiger partial charge in [-0.2, -0.15) is 0 Å². The van der Waals surface area contributed by atoms with Gasteiger partial charge in [0.1, 0.15) is 16.8 Å². The first kappa shape index (κ1) is 12.2. The van der Waals surface area contributed by atoms with E-state index in [1.807, 2.05) is 29.2 Å². The van der Waals surface area contributed by atoms with Gasteiger partial charge in [-0.1, -0.05) is 18.2 Å². The van der Waals surface area contributed by atoms with E-state index in [9.17, 15) is 4.79 Å². The van der Waals surface area contributed by atoms with Crippen LogP contribution in [0.1, 0.15) is 5.56 Å². The lowest BCUT2D eigenvalue weighted by atomic mass is 10.2. The molecule has 19 heavy (non-hydrogen) atoms. The Balaban J connectivity index is 1.99. The summed E-state index contributed by atoms with van der Waals surface area (Å²) >= 11 is 3.29. The number of rotatable bonds is 1. The lowest BCUT2D eigenvalue weighted by Crippen LogP contribution is -2.28. The second-order valence-corrected chi connectivity index (χ2v) is 5.04. The van der Waals surface area contributed by atoms with Crippen LogP contribution < -0.4 is 15.2 Å². The molecule has 2 aromatic rings. The van der Waals surface area contributed by atoms with Crippen molar-refractivity contribution in [1.29, 1.82) is 0 Å². The number of aromatic amines is 1. The Morgan fingerprint density at radius 1 is 1.37 bits per heavy atom. The van der Waals surface area contributed by atoms with E-state index in [4.69, 9.17) is 4.74 Å². The molecule has 1 aromatic carbocycles. The number of para-hydroxylation sites is 1. The maximum Gasteiger partial charge on any atom is 0.267 e. The van der Waals surface area contributed by atoms with Gasteiger partial charge in [-0.05, 0) is 22.0 Å². The fourth-order valence-corrected chi connectivity index (χ4v) is 2.57. The third-order valence-electron chi connectivity index (χ3n) is 3.03. The summed E-state index contributed by atoms with van der Waals surface area (Å²) in [5, 5.41) is 0. The van der Waals surface area contributed by atoms with Gasteiger partial charge in [-0.15, -0.1) is 0 Å². The zero-order valence-corrected chi connectivity index (χ0v) is 11.7. The lowest BCUT2D eigenvalue weighted by molar-refractivity contribution is 0.331. The molecule has 98 valence electrons. The molecule has 2 heterocycles. The molecule has 0 saturated heterocycles. The minimum atomic E-state index is -0.177. The number of fused-ring (bicyclic) bond motifs is 1.